The van der Waals surface area contributed by atoms with Crippen LogP contribution in [-0.4, -0.2) is 37.3 Å². The molecule has 2 aromatic rings. The average Bonchev–Trinajstić information content (AvgIpc) is 3.51. The van der Waals surface area contributed by atoms with E-state index in [1.165, 1.54) is 24.1 Å². The Morgan fingerprint density at radius 3 is 2.45 bits per heavy atom. The van der Waals surface area contributed by atoms with Crippen LogP contribution < -0.4 is 15.0 Å². The molecule has 2 aromatic carbocycles. The number of hydrogen-bond donors (Lipinski definition) is 2. The van der Waals surface area contributed by atoms with E-state index in [1.54, 1.807) is 0 Å². The van der Waals surface area contributed by atoms with E-state index in [-0.39, 0.29) is 25.0 Å². The van der Waals surface area contributed by atoms with Gasteiger partial charge in [-0.05, 0) is 61.1 Å². The van der Waals surface area contributed by atoms with Crippen molar-refractivity contribution < 1.29 is 14.6 Å². The number of rotatable bonds is 9. The van der Waals surface area contributed by atoms with Gasteiger partial charge >= 0.3 is 0 Å². The van der Waals surface area contributed by atoms with Gasteiger partial charge in [0.25, 0.3) is 0 Å². The lowest BCUT2D eigenvalue weighted by molar-refractivity contribution is -0.122. The number of aliphatic hydroxyl groups is 1. The number of hydrogen-bond acceptors (Lipinski definition) is 4. The number of benzene rings is 2. The van der Waals surface area contributed by atoms with Crippen LogP contribution in [0.15, 0.2) is 48.5 Å². The zero-order valence-electron chi connectivity index (χ0n) is 17.0. The predicted octanol–water partition coefficient (Wildman–Crippen LogP) is 3.64. The fourth-order valence-corrected chi connectivity index (χ4v) is 3.71. The monoisotopic (exact) mass is 394 g/mol. The second-order valence-corrected chi connectivity index (χ2v) is 8.28. The largest absolute Gasteiger partial charge is 0.493 e. The Kier molecular flexibility index (Phi) is 6.05. The van der Waals surface area contributed by atoms with Crippen molar-refractivity contribution in [2.45, 2.75) is 38.1 Å². The highest BCUT2D eigenvalue weighted by atomic mass is 16.5. The van der Waals surface area contributed by atoms with Gasteiger partial charge in [-0.3, -0.25) is 4.79 Å². The molecular weight excluding hydrogens is 364 g/mol. The molecule has 2 fully saturated rings. The Morgan fingerprint density at radius 1 is 1.14 bits per heavy atom. The first-order valence-corrected chi connectivity index (χ1v) is 10.6. The first-order valence-electron chi connectivity index (χ1n) is 10.6. The Balaban J connectivity index is 1.26. The third kappa shape index (κ3) is 5.10. The molecule has 0 spiro atoms. The van der Waals surface area contributed by atoms with Gasteiger partial charge in [-0.1, -0.05) is 24.3 Å². The van der Waals surface area contributed by atoms with Gasteiger partial charge < -0.3 is 20.1 Å². The Bertz CT molecular complexity index is 809. The quantitative estimate of drug-likeness (QED) is 0.682. The topological polar surface area (TPSA) is 61.8 Å². The van der Waals surface area contributed by atoms with E-state index in [9.17, 15) is 4.79 Å². The summed E-state index contributed by atoms with van der Waals surface area (Å²) < 4.78 is 5.82. The zero-order chi connectivity index (χ0) is 20.2. The predicted molar refractivity (Wildman–Crippen MR) is 114 cm³/mol. The molecule has 2 N–H and O–H groups in total. The number of anilines is 1. The summed E-state index contributed by atoms with van der Waals surface area (Å²) in [4.78, 5) is 14.0. The van der Waals surface area contributed by atoms with Crippen LogP contribution >= 0.6 is 0 Å². The molecule has 4 rings (SSSR count). The summed E-state index contributed by atoms with van der Waals surface area (Å²) in [5.74, 6) is 2.15. The van der Waals surface area contributed by atoms with Crippen LogP contribution in [0.2, 0.25) is 0 Å². The maximum atomic E-state index is 11.6. The van der Waals surface area contributed by atoms with Gasteiger partial charge in [-0.25, -0.2) is 0 Å². The van der Waals surface area contributed by atoms with Gasteiger partial charge in [0.1, 0.15) is 5.75 Å². The minimum absolute atomic E-state index is 0.0540. The lowest BCUT2D eigenvalue weighted by Gasteiger charge is -2.41. The lowest BCUT2D eigenvalue weighted by Crippen LogP contribution is -2.45. The van der Waals surface area contributed by atoms with Crippen molar-refractivity contribution >= 4 is 11.6 Å². The molecule has 29 heavy (non-hydrogen) atoms. The summed E-state index contributed by atoms with van der Waals surface area (Å²) in [5, 5.41) is 11.8. The number of amides is 1. The third-order valence-corrected chi connectivity index (χ3v) is 5.89. The van der Waals surface area contributed by atoms with Crippen LogP contribution in [0.1, 0.15) is 49.3 Å². The third-order valence-electron chi connectivity index (χ3n) is 5.89. The molecule has 1 atom stereocenters. The molecule has 0 aromatic heterocycles. The first-order chi connectivity index (χ1) is 14.1. The molecule has 1 aliphatic carbocycles. The number of nitrogens with zero attached hydrogens (tertiary/aromatic N) is 1. The summed E-state index contributed by atoms with van der Waals surface area (Å²) in [7, 11) is 0. The molecule has 1 aliphatic heterocycles. The van der Waals surface area contributed by atoms with Crippen molar-refractivity contribution in [2.75, 3.05) is 31.2 Å². The van der Waals surface area contributed by atoms with E-state index in [0.717, 1.165) is 36.9 Å². The molecule has 1 saturated heterocycles. The van der Waals surface area contributed by atoms with E-state index < -0.39 is 0 Å². The minimum Gasteiger partial charge on any atom is -0.493 e. The molecule has 1 heterocycles. The highest BCUT2D eigenvalue weighted by Crippen LogP contribution is 2.34. The van der Waals surface area contributed by atoms with Crippen LogP contribution in [0, 0.1) is 5.92 Å². The maximum absolute atomic E-state index is 11.6. The lowest BCUT2D eigenvalue weighted by atomic mass is 9.90. The molecule has 0 bridgehead atoms. The fourth-order valence-electron chi connectivity index (χ4n) is 3.71. The summed E-state index contributed by atoms with van der Waals surface area (Å²) in [6.07, 6.45) is 2.77. The summed E-state index contributed by atoms with van der Waals surface area (Å²) in [6.45, 7) is 4.74. The van der Waals surface area contributed by atoms with Gasteiger partial charge in [0.05, 0.1) is 19.3 Å². The highest BCUT2D eigenvalue weighted by Gasteiger charge is 2.28. The van der Waals surface area contributed by atoms with Crippen molar-refractivity contribution in [3.63, 3.8) is 0 Å². The summed E-state index contributed by atoms with van der Waals surface area (Å²) in [5.41, 5.74) is 3.66. The van der Waals surface area contributed by atoms with Crippen LogP contribution in [0.5, 0.6) is 5.75 Å². The van der Waals surface area contributed by atoms with Gasteiger partial charge in [-0.15, -0.1) is 0 Å². The van der Waals surface area contributed by atoms with Crippen LogP contribution in [-0.2, 0) is 4.79 Å². The Morgan fingerprint density at radius 2 is 1.83 bits per heavy atom. The van der Waals surface area contributed by atoms with E-state index in [2.05, 4.69) is 58.7 Å². The van der Waals surface area contributed by atoms with Crippen LogP contribution in [0.4, 0.5) is 5.69 Å². The maximum Gasteiger partial charge on any atom is 0.222 e. The van der Waals surface area contributed by atoms with Gasteiger partial charge in [0.2, 0.25) is 5.91 Å². The first kappa shape index (κ1) is 19.8. The molecule has 154 valence electrons. The van der Waals surface area contributed by atoms with Gasteiger partial charge in [-0.2, -0.15) is 0 Å². The molecule has 1 unspecified atom stereocenters. The molecular formula is C24H30N2O3. The van der Waals surface area contributed by atoms with E-state index in [4.69, 9.17) is 9.84 Å². The molecule has 0 radical (unpaired) electrons. The summed E-state index contributed by atoms with van der Waals surface area (Å²) >= 11 is 0. The van der Waals surface area contributed by atoms with Crippen molar-refractivity contribution in [2.24, 2.45) is 5.92 Å². The van der Waals surface area contributed by atoms with Crippen molar-refractivity contribution in [1.82, 2.24) is 5.32 Å². The molecule has 5 heteroatoms. The van der Waals surface area contributed by atoms with Crippen LogP contribution in [0.3, 0.4) is 0 Å². The molecule has 1 saturated carbocycles. The normalized spacial score (nSPS) is 17.5. The Labute approximate surface area is 172 Å². The van der Waals surface area contributed by atoms with Crippen LogP contribution in [0.25, 0.3) is 0 Å². The van der Waals surface area contributed by atoms with Gasteiger partial charge in [0, 0.05) is 31.1 Å². The van der Waals surface area contributed by atoms with Gasteiger partial charge in [0.15, 0.2) is 0 Å². The molecule has 1 amide bonds. The second-order valence-electron chi connectivity index (χ2n) is 8.28. The van der Waals surface area contributed by atoms with E-state index >= 15 is 0 Å². The standard InChI is InChI=1S/C24H30N2O3/c1-17(25-24(28)12-13-27)19-4-6-20(7-5-19)21-14-26(15-21)22-8-10-23(11-9-22)29-16-18-2-3-18/h4-11,17-18,21,27H,2-3,12-16H2,1H3,(H,25,28). The second kappa shape index (κ2) is 8.87. The number of carbonyl (C=O) groups is 1. The van der Waals surface area contributed by atoms with Crippen molar-refractivity contribution in [3.8, 4) is 5.75 Å². The van der Waals surface area contributed by atoms with Crippen molar-refractivity contribution in [1.29, 1.82) is 0 Å². The fraction of sp³-hybridized carbons (Fsp3) is 0.458. The Hall–Kier alpha value is -2.53. The molecule has 5 nitrogen and oxygen atoms in total. The minimum atomic E-state index is -0.123. The van der Waals surface area contributed by atoms with Crippen molar-refractivity contribution in [3.05, 3.63) is 59.7 Å². The summed E-state index contributed by atoms with van der Waals surface area (Å²) in [6, 6.07) is 16.9. The molecule has 2 aliphatic rings. The smallest absolute Gasteiger partial charge is 0.222 e. The number of nitrogens with one attached hydrogen (secondary N) is 1. The van der Waals surface area contributed by atoms with E-state index in [1.807, 2.05) is 6.92 Å². The van der Waals surface area contributed by atoms with E-state index in [0.29, 0.717) is 5.92 Å². The SMILES string of the molecule is CC(NC(=O)CCO)c1ccc(C2CN(c3ccc(OCC4CC4)cc3)C2)cc1. The zero-order valence-corrected chi connectivity index (χ0v) is 17.0. The average molecular weight is 395 g/mol. The number of carbonyl (C=O) groups excluding carboxylic acids is 1. The highest BCUT2D eigenvalue weighted by molar-refractivity contribution is 5.76. The number of ether oxygens (including phenoxy) is 1. The number of aliphatic hydroxyl groups excluding tert-OH is 1.